The summed E-state index contributed by atoms with van der Waals surface area (Å²) in [5, 5.41) is 0. The molecule has 0 spiro atoms. The van der Waals surface area contributed by atoms with Crippen molar-refractivity contribution in [3.63, 3.8) is 0 Å². The summed E-state index contributed by atoms with van der Waals surface area (Å²) in [6, 6.07) is 17.8. The Kier molecular flexibility index (Phi) is 5.84. The number of nitrogens with zero attached hydrogens (tertiary/aromatic N) is 1. The van der Waals surface area contributed by atoms with Gasteiger partial charge in [0.25, 0.3) is 0 Å². The van der Waals surface area contributed by atoms with Crippen molar-refractivity contribution >= 4 is 11.7 Å². The molecule has 0 bridgehead atoms. The van der Waals surface area contributed by atoms with E-state index in [1.807, 2.05) is 6.07 Å². The van der Waals surface area contributed by atoms with E-state index in [9.17, 15) is 4.79 Å². The van der Waals surface area contributed by atoms with Crippen LogP contribution in [0.5, 0.6) is 5.88 Å². The lowest BCUT2D eigenvalue weighted by Crippen LogP contribution is -2.22. The summed E-state index contributed by atoms with van der Waals surface area (Å²) in [4.78, 5) is 17.2. The molecule has 4 aromatic rings. The second-order valence-corrected chi connectivity index (χ2v) is 6.56. The van der Waals surface area contributed by atoms with E-state index in [0.29, 0.717) is 28.3 Å². The number of esters is 1. The number of ether oxygens (including phenoxy) is 2. The van der Waals surface area contributed by atoms with Gasteiger partial charge in [-0.05, 0) is 30.3 Å². The first-order chi connectivity index (χ1) is 15.2. The molecule has 7 heteroatoms. The quantitative estimate of drug-likeness (QED) is 0.317. The first kappa shape index (κ1) is 20.0. The predicted octanol–water partition coefficient (Wildman–Crippen LogP) is 5.03. The highest BCUT2D eigenvalue weighted by Gasteiger charge is 2.27. The van der Waals surface area contributed by atoms with Gasteiger partial charge >= 0.3 is 5.97 Å². The Balaban J connectivity index is 1.79. The molecular formula is C24H20N2O5. The van der Waals surface area contributed by atoms with Gasteiger partial charge in [0.05, 0.1) is 12.5 Å². The van der Waals surface area contributed by atoms with Crippen LogP contribution in [-0.2, 0) is 9.53 Å². The van der Waals surface area contributed by atoms with Gasteiger partial charge in [0.2, 0.25) is 12.0 Å². The molecule has 4 rings (SSSR count). The van der Waals surface area contributed by atoms with Crippen LogP contribution < -0.4 is 10.5 Å². The third-order valence-corrected chi connectivity index (χ3v) is 4.47. The topological polar surface area (TPSA) is 101 Å². The van der Waals surface area contributed by atoms with Crippen LogP contribution in [0.4, 0.5) is 5.69 Å². The number of pyridine rings is 1. The fraction of sp³-hybridized carbons (Fsp3) is 0.0833. The van der Waals surface area contributed by atoms with Gasteiger partial charge in [0, 0.05) is 11.1 Å². The number of carbonyl (C=O) groups is 1. The van der Waals surface area contributed by atoms with E-state index in [-0.39, 0.29) is 18.2 Å². The van der Waals surface area contributed by atoms with Gasteiger partial charge in [-0.25, -0.2) is 9.78 Å². The molecule has 0 aliphatic carbocycles. The van der Waals surface area contributed by atoms with Crippen LogP contribution in [0.25, 0.3) is 22.8 Å². The first-order valence-corrected chi connectivity index (χ1v) is 9.54. The first-order valence-electron chi connectivity index (χ1n) is 9.54. The van der Waals surface area contributed by atoms with Crippen molar-refractivity contribution in [2.45, 2.75) is 6.10 Å². The largest absolute Gasteiger partial charge is 0.464 e. The van der Waals surface area contributed by atoms with Crippen molar-refractivity contribution in [2.75, 3.05) is 12.3 Å². The molecule has 2 N–H and O–H groups in total. The zero-order chi connectivity index (χ0) is 21.6. The molecule has 3 heterocycles. The summed E-state index contributed by atoms with van der Waals surface area (Å²) in [5.74, 6) is 0.520. The Morgan fingerprint density at radius 3 is 2.42 bits per heavy atom. The highest BCUT2D eigenvalue weighted by atomic mass is 16.6. The summed E-state index contributed by atoms with van der Waals surface area (Å²) in [5.41, 5.74) is 8.24. The highest BCUT2D eigenvalue weighted by Crippen LogP contribution is 2.38. The van der Waals surface area contributed by atoms with Crippen LogP contribution in [0.1, 0.15) is 11.7 Å². The lowest BCUT2D eigenvalue weighted by molar-refractivity contribution is -0.151. The van der Waals surface area contributed by atoms with Crippen molar-refractivity contribution in [1.29, 1.82) is 0 Å². The molecule has 3 aromatic heterocycles. The molecule has 0 fully saturated rings. The summed E-state index contributed by atoms with van der Waals surface area (Å²) >= 11 is 0. The van der Waals surface area contributed by atoms with E-state index in [1.54, 1.807) is 67.1 Å². The number of anilines is 1. The monoisotopic (exact) mass is 416 g/mol. The van der Waals surface area contributed by atoms with Crippen molar-refractivity contribution < 1.29 is 23.1 Å². The van der Waals surface area contributed by atoms with Crippen LogP contribution in [0.2, 0.25) is 0 Å². The second kappa shape index (κ2) is 9.04. The number of hydrogen-bond acceptors (Lipinski definition) is 7. The maximum Gasteiger partial charge on any atom is 0.352 e. The number of furan rings is 2. The predicted molar refractivity (Wildman–Crippen MR) is 115 cm³/mol. The lowest BCUT2D eigenvalue weighted by atomic mass is 10.1. The Hall–Kier alpha value is -4.26. The zero-order valence-corrected chi connectivity index (χ0v) is 16.6. The SMILES string of the molecule is C=CCOC(=O)C(Oc1nc(-c2ccco2)cc(-c2ccco2)c1N)c1ccccc1. The van der Waals surface area contributed by atoms with Crippen LogP contribution in [-0.4, -0.2) is 17.6 Å². The van der Waals surface area contributed by atoms with E-state index in [4.69, 9.17) is 24.0 Å². The second-order valence-electron chi connectivity index (χ2n) is 6.56. The Bertz CT molecular complexity index is 1150. The third kappa shape index (κ3) is 4.35. The zero-order valence-electron chi connectivity index (χ0n) is 16.6. The van der Waals surface area contributed by atoms with Crippen LogP contribution >= 0.6 is 0 Å². The molecule has 0 aliphatic heterocycles. The fourth-order valence-electron chi connectivity index (χ4n) is 3.02. The standard InChI is InChI=1S/C24H20N2O5/c1-2-12-30-24(27)22(16-8-4-3-5-9-16)31-23-21(25)17(19-10-6-13-28-19)15-18(26-23)20-11-7-14-29-20/h2-11,13-15,22H,1,12,25H2. The maximum atomic E-state index is 12.7. The molecule has 7 nitrogen and oxygen atoms in total. The van der Waals surface area contributed by atoms with Gasteiger partial charge in [-0.1, -0.05) is 43.0 Å². The minimum Gasteiger partial charge on any atom is -0.464 e. The summed E-state index contributed by atoms with van der Waals surface area (Å²) in [6.07, 6.45) is 3.49. The molecule has 0 aliphatic rings. The molecule has 1 atom stereocenters. The summed E-state index contributed by atoms with van der Waals surface area (Å²) in [6.45, 7) is 3.63. The molecule has 0 saturated carbocycles. The van der Waals surface area contributed by atoms with Gasteiger partial charge < -0.3 is 24.0 Å². The molecule has 31 heavy (non-hydrogen) atoms. The minimum absolute atomic E-state index is 0.0541. The highest BCUT2D eigenvalue weighted by molar-refractivity contribution is 5.81. The molecule has 1 aromatic carbocycles. The lowest BCUT2D eigenvalue weighted by Gasteiger charge is -2.19. The molecule has 0 radical (unpaired) electrons. The Labute approximate surface area is 178 Å². The van der Waals surface area contributed by atoms with Crippen LogP contribution in [0, 0.1) is 0 Å². The van der Waals surface area contributed by atoms with Crippen molar-refractivity contribution in [3.05, 3.63) is 91.4 Å². The Morgan fingerprint density at radius 2 is 1.77 bits per heavy atom. The smallest absolute Gasteiger partial charge is 0.352 e. The fourth-order valence-corrected chi connectivity index (χ4v) is 3.02. The average molecular weight is 416 g/mol. The molecule has 156 valence electrons. The third-order valence-electron chi connectivity index (χ3n) is 4.47. The van der Waals surface area contributed by atoms with E-state index in [1.165, 1.54) is 6.08 Å². The number of benzene rings is 1. The van der Waals surface area contributed by atoms with E-state index in [2.05, 4.69) is 11.6 Å². The summed E-state index contributed by atoms with van der Waals surface area (Å²) in [7, 11) is 0. The number of rotatable bonds is 8. The molecule has 1 unspecified atom stereocenters. The summed E-state index contributed by atoms with van der Waals surface area (Å²) < 4.78 is 22.3. The average Bonchev–Trinajstić information content (AvgIpc) is 3.52. The van der Waals surface area contributed by atoms with Crippen LogP contribution in [0.3, 0.4) is 0 Å². The number of carbonyl (C=O) groups excluding carboxylic acids is 1. The maximum absolute atomic E-state index is 12.7. The van der Waals surface area contributed by atoms with Gasteiger partial charge in [-0.2, -0.15) is 0 Å². The molecule has 0 amide bonds. The van der Waals surface area contributed by atoms with Gasteiger partial charge in [-0.15, -0.1) is 0 Å². The Morgan fingerprint density at radius 1 is 1.06 bits per heavy atom. The number of nitrogens with two attached hydrogens (primary N) is 1. The van der Waals surface area contributed by atoms with Crippen molar-refractivity contribution in [2.24, 2.45) is 0 Å². The van der Waals surface area contributed by atoms with Gasteiger partial charge in [0.1, 0.15) is 23.7 Å². The van der Waals surface area contributed by atoms with Gasteiger partial charge in [-0.3, -0.25) is 0 Å². The molecular weight excluding hydrogens is 396 g/mol. The number of hydrogen-bond donors (Lipinski definition) is 1. The minimum atomic E-state index is -1.08. The van der Waals surface area contributed by atoms with E-state index >= 15 is 0 Å². The van der Waals surface area contributed by atoms with Crippen molar-refractivity contribution in [3.8, 4) is 28.7 Å². The molecule has 0 saturated heterocycles. The number of aromatic nitrogens is 1. The van der Waals surface area contributed by atoms with Crippen molar-refractivity contribution in [1.82, 2.24) is 4.98 Å². The van der Waals surface area contributed by atoms with Crippen LogP contribution in [0.15, 0.2) is 94.7 Å². The normalized spacial score (nSPS) is 11.6. The number of nitrogen functional groups attached to an aromatic ring is 1. The van der Waals surface area contributed by atoms with E-state index < -0.39 is 12.1 Å². The van der Waals surface area contributed by atoms with Gasteiger partial charge in [0.15, 0.2) is 5.76 Å². The van der Waals surface area contributed by atoms with E-state index in [0.717, 1.165) is 0 Å².